The van der Waals surface area contributed by atoms with E-state index in [9.17, 15) is 4.79 Å². The van der Waals surface area contributed by atoms with Crippen LogP contribution in [0.3, 0.4) is 0 Å². The smallest absolute Gasteiger partial charge is 0.409 e. The molecule has 0 aliphatic carbocycles. The maximum atomic E-state index is 11.9. The number of piperidine rings is 1. The van der Waals surface area contributed by atoms with Crippen LogP contribution in [0.4, 0.5) is 4.79 Å². The summed E-state index contributed by atoms with van der Waals surface area (Å²) in [7, 11) is 2.03. The Hall–Kier alpha value is -2.17. The number of ether oxygens (including phenoxy) is 1. The highest BCUT2D eigenvalue weighted by atomic mass is 127. The number of carbonyl (C=O) groups excluding carboxylic acids is 1. The number of rotatable bonds is 7. The van der Waals surface area contributed by atoms with E-state index in [-0.39, 0.29) is 36.1 Å². The summed E-state index contributed by atoms with van der Waals surface area (Å²) in [5.74, 6) is 2.69. The van der Waals surface area contributed by atoms with E-state index < -0.39 is 0 Å². The molecule has 1 aliphatic rings. The second-order valence-electron chi connectivity index (χ2n) is 7.50. The van der Waals surface area contributed by atoms with Crippen LogP contribution in [0, 0.1) is 6.92 Å². The summed E-state index contributed by atoms with van der Waals surface area (Å²) in [6.45, 7) is 6.90. The first-order valence-corrected chi connectivity index (χ1v) is 10.6. The number of nitrogens with zero attached hydrogens (tertiary/aromatic N) is 3. The summed E-state index contributed by atoms with van der Waals surface area (Å²) < 4.78 is 16.0. The van der Waals surface area contributed by atoms with Crippen LogP contribution in [-0.2, 0) is 17.7 Å². The third-order valence-electron chi connectivity index (χ3n) is 5.29. The summed E-state index contributed by atoms with van der Waals surface area (Å²) in [5, 5.41) is 3.60. The fourth-order valence-electron chi connectivity index (χ4n) is 3.51. The lowest BCUT2D eigenvalue weighted by molar-refractivity contribution is 0.0961. The molecule has 9 heteroatoms. The first-order chi connectivity index (χ1) is 14.6. The monoisotopic (exact) mass is 544 g/mol. The average Bonchev–Trinajstić information content (AvgIpc) is 3.40. The molecule has 31 heavy (non-hydrogen) atoms. The van der Waals surface area contributed by atoms with Crippen molar-refractivity contribution in [2.75, 3.05) is 33.3 Å². The van der Waals surface area contributed by atoms with Crippen molar-refractivity contribution in [3.63, 3.8) is 0 Å². The van der Waals surface area contributed by atoms with Gasteiger partial charge >= 0.3 is 6.09 Å². The zero-order chi connectivity index (χ0) is 21.3. The molecule has 0 unspecified atom stereocenters. The van der Waals surface area contributed by atoms with Crippen molar-refractivity contribution in [2.24, 2.45) is 4.99 Å². The first-order valence-electron chi connectivity index (χ1n) is 10.6. The second kappa shape index (κ2) is 12.6. The van der Waals surface area contributed by atoms with Crippen molar-refractivity contribution >= 4 is 36.0 Å². The zero-order valence-electron chi connectivity index (χ0n) is 18.5. The van der Waals surface area contributed by atoms with Gasteiger partial charge in [-0.05, 0) is 44.9 Å². The number of hydrogen-bond acceptors (Lipinski definition) is 5. The van der Waals surface area contributed by atoms with Crippen LogP contribution in [0.5, 0.6) is 0 Å². The van der Waals surface area contributed by atoms with E-state index in [1.807, 2.05) is 39.1 Å². The standard InChI is InChI=1S/C22H32N4O4.HI/c1-4-28-22(27)26-12-8-19(9-13-26)24-21(23-11-7-20-6-5-14-30-20)25(3)16-18-10-15-29-17(18)2;/h5-6,10,14-15,19H,4,7-9,11-13,16H2,1-3H3,(H,23,24);1H. The number of guanidine groups is 1. The number of aryl methyl sites for hydroxylation is 1. The molecular formula is C22H33IN4O4. The Labute approximate surface area is 201 Å². The number of aliphatic imine (C=N–C) groups is 1. The van der Waals surface area contributed by atoms with E-state index in [1.165, 1.54) is 0 Å². The van der Waals surface area contributed by atoms with E-state index in [4.69, 9.17) is 18.6 Å². The molecule has 3 heterocycles. The van der Waals surface area contributed by atoms with Gasteiger partial charge in [-0.2, -0.15) is 0 Å². The molecule has 172 valence electrons. The van der Waals surface area contributed by atoms with Crippen molar-refractivity contribution in [3.05, 3.63) is 47.8 Å². The fraction of sp³-hybridized carbons (Fsp3) is 0.545. The Bertz CT molecular complexity index is 813. The van der Waals surface area contributed by atoms with Crippen LogP contribution >= 0.6 is 24.0 Å². The van der Waals surface area contributed by atoms with Crippen LogP contribution in [0.1, 0.15) is 36.8 Å². The molecule has 0 bridgehead atoms. The van der Waals surface area contributed by atoms with Crippen molar-refractivity contribution in [1.82, 2.24) is 15.1 Å². The van der Waals surface area contributed by atoms with E-state index >= 15 is 0 Å². The highest BCUT2D eigenvalue weighted by molar-refractivity contribution is 14.0. The quantitative estimate of drug-likeness (QED) is 0.322. The van der Waals surface area contributed by atoms with Gasteiger partial charge in [0.2, 0.25) is 0 Å². The van der Waals surface area contributed by atoms with E-state index in [2.05, 4.69) is 10.2 Å². The highest BCUT2D eigenvalue weighted by Crippen LogP contribution is 2.14. The minimum absolute atomic E-state index is 0. The average molecular weight is 544 g/mol. The van der Waals surface area contributed by atoms with Crippen LogP contribution < -0.4 is 5.32 Å². The van der Waals surface area contributed by atoms with Crippen molar-refractivity contribution < 1.29 is 18.4 Å². The van der Waals surface area contributed by atoms with Gasteiger partial charge in [-0.3, -0.25) is 4.99 Å². The number of carbonyl (C=O) groups is 1. The Balaban J connectivity index is 0.00000341. The molecule has 0 radical (unpaired) electrons. The molecule has 1 saturated heterocycles. The third kappa shape index (κ3) is 7.48. The number of likely N-dealkylation sites (tertiary alicyclic amines) is 1. The van der Waals surface area contributed by atoms with Gasteiger partial charge in [-0.1, -0.05) is 0 Å². The minimum atomic E-state index is -0.226. The van der Waals surface area contributed by atoms with Crippen molar-refractivity contribution in [3.8, 4) is 0 Å². The molecule has 2 aromatic heterocycles. The lowest BCUT2D eigenvalue weighted by atomic mass is 10.1. The number of amides is 1. The lowest BCUT2D eigenvalue weighted by Gasteiger charge is -2.34. The Morgan fingerprint density at radius 2 is 2.06 bits per heavy atom. The van der Waals surface area contributed by atoms with E-state index in [0.29, 0.717) is 32.8 Å². The maximum absolute atomic E-state index is 11.9. The molecule has 0 spiro atoms. The van der Waals surface area contributed by atoms with Gasteiger partial charge in [0.25, 0.3) is 0 Å². The van der Waals surface area contributed by atoms with E-state index in [0.717, 1.165) is 42.3 Å². The molecule has 0 aromatic carbocycles. The minimum Gasteiger partial charge on any atom is -0.469 e. The molecule has 1 fully saturated rings. The van der Waals surface area contributed by atoms with Crippen LogP contribution in [0.25, 0.3) is 0 Å². The van der Waals surface area contributed by atoms with Crippen LogP contribution in [0.15, 0.2) is 44.6 Å². The van der Waals surface area contributed by atoms with Crippen LogP contribution in [-0.4, -0.2) is 61.2 Å². The summed E-state index contributed by atoms with van der Waals surface area (Å²) in [6, 6.07) is 6.10. The predicted octanol–water partition coefficient (Wildman–Crippen LogP) is 4.04. The molecule has 0 saturated carbocycles. The number of halogens is 1. The molecule has 1 N–H and O–H groups in total. The SMILES string of the molecule is CCOC(=O)N1CCC(NC(=NCCc2ccco2)N(C)Cc2ccoc2C)CC1.I. The summed E-state index contributed by atoms with van der Waals surface area (Å²) in [6.07, 6.45) is 5.63. The molecule has 1 aliphatic heterocycles. The van der Waals surface area contributed by atoms with Gasteiger partial charge in [0.15, 0.2) is 5.96 Å². The zero-order valence-corrected chi connectivity index (χ0v) is 20.8. The van der Waals surface area contributed by atoms with Gasteiger partial charge in [0, 0.05) is 51.3 Å². The van der Waals surface area contributed by atoms with Gasteiger partial charge < -0.3 is 28.7 Å². The maximum Gasteiger partial charge on any atom is 0.409 e. The molecule has 2 aromatic rings. The van der Waals surface area contributed by atoms with Crippen LogP contribution in [0.2, 0.25) is 0 Å². The lowest BCUT2D eigenvalue weighted by Crippen LogP contribution is -2.50. The largest absolute Gasteiger partial charge is 0.469 e. The normalized spacial score (nSPS) is 14.8. The fourth-order valence-corrected chi connectivity index (χ4v) is 3.51. The number of furan rings is 2. The first kappa shape index (κ1) is 25.1. The molecule has 1 amide bonds. The van der Waals surface area contributed by atoms with Gasteiger partial charge in [-0.25, -0.2) is 4.79 Å². The summed E-state index contributed by atoms with van der Waals surface area (Å²) in [4.78, 5) is 20.6. The second-order valence-corrected chi connectivity index (χ2v) is 7.50. The molecule has 0 atom stereocenters. The summed E-state index contributed by atoms with van der Waals surface area (Å²) in [5.41, 5.74) is 1.13. The Morgan fingerprint density at radius 1 is 1.29 bits per heavy atom. The van der Waals surface area contributed by atoms with Gasteiger partial charge in [0.1, 0.15) is 11.5 Å². The summed E-state index contributed by atoms with van der Waals surface area (Å²) >= 11 is 0. The third-order valence-corrected chi connectivity index (χ3v) is 5.29. The van der Waals surface area contributed by atoms with Gasteiger partial charge in [-0.15, -0.1) is 24.0 Å². The predicted molar refractivity (Wildman–Crippen MR) is 130 cm³/mol. The Morgan fingerprint density at radius 3 is 2.68 bits per heavy atom. The Kier molecular flexibility index (Phi) is 10.2. The topological polar surface area (TPSA) is 83.4 Å². The van der Waals surface area contributed by atoms with Crippen molar-refractivity contribution in [2.45, 2.75) is 45.7 Å². The number of nitrogens with one attached hydrogen (secondary N) is 1. The van der Waals surface area contributed by atoms with E-state index in [1.54, 1.807) is 17.4 Å². The molecule has 8 nitrogen and oxygen atoms in total. The van der Waals surface area contributed by atoms with Crippen molar-refractivity contribution in [1.29, 1.82) is 0 Å². The molecular weight excluding hydrogens is 511 g/mol. The van der Waals surface area contributed by atoms with Gasteiger partial charge in [0.05, 0.1) is 19.1 Å². The highest BCUT2D eigenvalue weighted by Gasteiger charge is 2.25. The molecule has 3 rings (SSSR count). The number of hydrogen-bond donors (Lipinski definition) is 1.